The van der Waals surface area contributed by atoms with E-state index >= 15 is 0 Å². The Balaban J connectivity index is 1.92. The van der Waals surface area contributed by atoms with E-state index in [4.69, 9.17) is 4.74 Å². The minimum atomic E-state index is -0.440. The van der Waals surface area contributed by atoms with E-state index in [0.29, 0.717) is 12.5 Å². The van der Waals surface area contributed by atoms with Crippen LogP contribution < -0.4 is 5.32 Å². The number of hydrogen-bond acceptors (Lipinski definition) is 3. The number of benzene rings is 1. The van der Waals surface area contributed by atoms with E-state index in [-0.39, 0.29) is 12.1 Å². The van der Waals surface area contributed by atoms with Crippen molar-refractivity contribution in [1.29, 1.82) is 0 Å². The van der Waals surface area contributed by atoms with Gasteiger partial charge in [-0.3, -0.25) is 0 Å². The molecule has 1 heterocycles. The van der Waals surface area contributed by atoms with Crippen LogP contribution in [0.3, 0.4) is 0 Å². The molecule has 23 heavy (non-hydrogen) atoms. The standard InChI is InChI=1S/C19H30N2O2/c1-14(2)15-8-10-16(11-9-15)20-17-7-6-12-21(13-17)18(22)23-19(3,4)5/h8-11,14,17,20H,6-7,12-13H2,1-5H3. The third-order valence-corrected chi connectivity index (χ3v) is 4.02. The third-order valence-electron chi connectivity index (χ3n) is 4.02. The van der Waals surface area contributed by atoms with Gasteiger partial charge in [-0.15, -0.1) is 0 Å². The number of hydrogen-bond donors (Lipinski definition) is 1. The maximum atomic E-state index is 12.2. The molecule has 4 nitrogen and oxygen atoms in total. The molecule has 0 saturated carbocycles. The summed E-state index contributed by atoms with van der Waals surface area (Å²) in [6, 6.07) is 8.87. The van der Waals surface area contributed by atoms with E-state index in [1.165, 1.54) is 5.56 Å². The molecule has 1 fully saturated rings. The highest BCUT2D eigenvalue weighted by Gasteiger charge is 2.27. The van der Waals surface area contributed by atoms with Crippen molar-refractivity contribution >= 4 is 11.8 Å². The van der Waals surface area contributed by atoms with Crippen LogP contribution in [0.25, 0.3) is 0 Å². The van der Waals surface area contributed by atoms with E-state index in [1.54, 1.807) is 0 Å². The van der Waals surface area contributed by atoms with Gasteiger partial charge in [0.05, 0.1) is 0 Å². The molecule has 1 saturated heterocycles. The molecule has 1 aromatic carbocycles. The highest BCUT2D eigenvalue weighted by molar-refractivity contribution is 5.68. The van der Waals surface area contributed by atoms with Gasteiger partial charge in [-0.25, -0.2) is 4.79 Å². The second kappa shape index (κ2) is 7.24. The lowest BCUT2D eigenvalue weighted by atomic mass is 10.0. The van der Waals surface area contributed by atoms with Crippen molar-refractivity contribution in [2.75, 3.05) is 18.4 Å². The molecule has 1 aliphatic rings. The topological polar surface area (TPSA) is 41.6 Å². The first kappa shape index (κ1) is 17.6. The van der Waals surface area contributed by atoms with E-state index in [2.05, 4.69) is 43.4 Å². The summed E-state index contributed by atoms with van der Waals surface area (Å²) in [5.74, 6) is 0.543. The van der Waals surface area contributed by atoms with E-state index in [9.17, 15) is 4.79 Å². The predicted molar refractivity (Wildman–Crippen MR) is 95.0 cm³/mol. The number of carbonyl (C=O) groups is 1. The average molecular weight is 318 g/mol. The van der Waals surface area contributed by atoms with Gasteiger partial charge in [0.15, 0.2) is 0 Å². The minimum absolute atomic E-state index is 0.209. The molecule has 1 aromatic rings. The second-order valence-electron chi connectivity index (χ2n) is 7.69. The number of ether oxygens (including phenoxy) is 1. The lowest BCUT2D eigenvalue weighted by molar-refractivity contribution is 0.0206. The van der Waals surface area contributed by atoms with Gasteiger partial charge in [-0.05, 0) is 57.2 Å². The number of likely N-dealkylation sites (tertiary alicyclic amines) is 1. The molecule has 1 aliphatic heterocycles. The van der Waals surface area contributed by atoms with Crippen LogP contribution >= 0.6 is 0 Å². The summed E-state index contributed by atoms with van der Waals surface area (Å²) < 4.78 is 5.48. The van der Waals surface area contributed by atoms with E-state index in [1.807, 2.05) is 25.7 Å². The van der Waals surface area contributed by atoms with Gasteiger partial charge >= 0.3 is 6.09 Å². The molecule has 0 aromatic heterocycles. The second-order valence-corrected chi connectivity index (χ2v) is 7.69. The van der Waals surface area contributed by atoms with Crippen molar-refractivity contribution < 1.29 is 9.53 Å². The third kappa shape index (κ3) is 5.45. The van der Waals surface area contributed by atoms with Crippen LogP contribution in [0.2, 0.25) is 0 Å². The molecule has 128 valence electrons. The van der Waals surface area contributed by atoms with Gasteiger partial charge in [0.1, 0.15) is 5.60 Å². The summed E-state index contributed by atoms with van der Waals surface area (Å²) in [6.45, 7) is 11.6. The van der Waals surface area contributed by atoms with Crippen LogP contribution in [0.15, 0.2) is 24.3 Å². The monoisotopic (exact) mass is 318 g/mol. The zero-order valence-electron chi connectivity index (χ0n) is 15.1. The van der Waals surface area contributed by atoms with Gasteiger partial charge in [-0.1, -0.05) is 26.0 Å². The Morgan fingerprint density at radius 1 is 1.26 bits per heavy atom. The summed E-state index contributed by atoms with van der Waals surface area (Å²) in [6.07, 6.45) is 1.87. The van der Waals surface area contributed by atoms with E-state index < -0.39 is 5.60 Å². The summed E-state index contributed by atoms with van der Waals surface area (Å²) in [5, 5.41) is 3.55. The number of piperidine rings is 1. The quantitative estimate of drug-likeness (QED) is 0.884. The van der Waals surface area contributed by atoms with Gasteiger partial charge in [0, 0.05) is 24.8 Å². The number of nitrogens with zero attached hydrogens (tertiary/aromatic N) is 1. The average Bonchev–Trinajstić information content (AvgIpc) is 2.46. The Hall–Kier alpha value is -1.71. The van der Waals surface area contributed by atoms with Crippen LogP contribution in [0.4, 0.5) is 10.5 Å². The van der Waals surface area contributed by atoms with Crippen molar-refractivity contribution in [3.63, 3.8) is 0 Å². The summed E-state index contributed by atoms with van der Waals surface area (Å²) >= 11 is 0. The van der Waals surface area contributed by atoms with Crippen LogP contribution in [-0.2, 0) is 4.74 Å². The maximum Gasteiger partial charge on any atom is 0.410 e. The zero-order valence-corrected chi connectivity index (χ0v) is 15.1. The normalized spacial score (nSPS) is 18.9. The summed E-state index contributed by atoms with van der Waals surface area (Å²) in [4.78, 5) is 14.0. The highest BCUT2D eigenvalue weighted by Crippen LogP contribution is 2.21. The molecule has 1 N–H and O–H groups in total. The molecular formula is C19H30N2O2. The van der Waals surface area contributed by atoms with Gasteiger partial charge in [0.2, 0.25) is 0 Å². The van der Waals surface area contributed by atoms with Crippen molar-refractivity contribution in [2.24, 2.45) is 0 Å². The van der Waals surface area contributed by atoms with Crippen LogP contribution in [0, 0.1) is 0 Å². The van der Waals surface area contributed by atoms with Gasteiger partial charge in [0.25, 0.3) is 0 Å². The molecule has 0 bridgehead atoms. The van der Waals surface area contributed by atoms with Crippen molar-refractivity contribution in [3.05, 3.63) is 29.8 Å². The molecule has 1 atom stereocenters. The number of carbonyl (C=O) groups excluding carboxylic acids is 1. The van der Waals surface area contributed by atoms with Gasteiger partial charge in [-0.2, -0.15) is 0 Å². The zero-order chi connectivity index (χ0) is 17.0. The minimum Gasteiger partial charge on any atom is -0.444 e. The van der Waals surface area contributed by atoms with Crippen molar-refractivity contribution in [3.8, 4) is 0 Å². The van der Waals surface area contributed by atoms with E-state index in [0.717, 1.165) is 25.1 Å². The Bertz CT molecular complexity index is 517. The first-order chi connectivity index (χ1) is 10.7. The molecule has 2 rings (SSSR count). The first-order valence-electron chi connectivity index (χ1n) is 8.59. The highest BCUT2D eigenvalue weighted by atomic mass is 16.6. The van der Waals surface area contributed by atoms with Crippen LogP contribution in [0.5, 0.6) is 0 Å². The Labute approximate surface area is 140 Å². The van der Waals surface area contributed by atoms with Crippen LogP contribution in [-0.4, -0.2) is 35.7 Å². The fourth-order valence-corrected chi connectivity index (χ4v) is 2.79. The smallest absolute Gasteiger partial charge is 0.410 e. The number of nitrogens with one attached hydrogen (secondary N) is 1. The van der Waals surface area contributed by atoms with Crippen LogP contribution in [0.1, 0.15) is 58.9 Å². The van der Waals surface area contributed by atoms with Crippen molar-refractivity contribution in [2.45, 2.75) is 65.0 Å². The maximum absolute atomic E-state index is 12.2. The summed E-state index contributed by atoms with van der Waals surface area (Å²) in [5.41, 5.74) is 2.02. The molecule has 1 unspecified atom stereocenters. The number of anilines is 1. The molecule has 1 amide bonds. The molecule has 0 spiro atoms. The predicted octanol–water partition coefficient (Wildman–Crippen LogP) is 4.62. The molecule has 0 radical (unpaired) electrons. The first-order valence-corrected chi connectivity index (χ1v) is 8.59. The Kier molecular flexibility index (Phi) is 5.55. The molecule has 4 heteroatoms. The molecular weight excluding hydrogens is 288 g/mol. The van der Waals surface area contributed by atoms with Crippen molar-refractivity contribution in [1.82, 2.24) is 4.90 Å². The fraction of sp³-hybridized carbons (Fsp3) is 0.632. The number of amides is 1. The lowest BCUT2D eigenvalue weighted by Gasteiger charge is -2.34. The SMILES string of the molecule is CC(C)c1ccc(NC2CCCN(C(=O)OC(C)(C)C)C2)cc1. The summed E-state index contributed by atoms with van der Waals surface area (Å²) in [7, 11) is 0. The largest absolute Gasteiger partial charge is 0.444 e. The fourth-order valence-electron chi connectivity index (χ4n) is 2.79. The Morgan fingerprint density at radius 2 is 1.91 bits per heavy atom. The Morgan fingerprint density at radius 3 is 2.48 bits per heavy atom. The number of rotatable bonds is 3. The van der Waals surface area contributed by atoms with Gasteiger partial charge < -0.3 is 15.0 Å². The lowest BCUT2D eigenvalue weighted by Crippen LogP contribution is -2.46. The molecule has 0 aliphatic carbocycles.